The summed E-state index contributed by atoms with van der Waals surface area (Å²) in [6.45, 7) is 4.54. The Bertz CT molecular complexity index is 902. The van der Waals surface area contributed by atoms with Gasteiger partial charge in [0.1, 0.15) is 13.2 Å². The smallest absolute Gasteiger partial charge is 0.387 e. The fraction of sp³-hybridized carbons (Fsp3) is 0.825. The van der Waals surface area contributed by atoms with Crippen LogP contribution >= 0.6 is 7.82 Å². The third-order valence-corrected chi connectivity index (χ3v) is 9.67. The van der Waals surface area contributed by atoms with Crippen LogP contribution in [0.4, 0.5) is 0 Å². The number of hydrogen-bond donors (Lipinski definition) is 3. The first-order valence-electron chi connectivity index (χ1n) is 19.8. The maximum Gasteiger partial charge on any atom is 0.472 e. The normalized spacial score (nSPS) is 15.0. The molecule has 0 spiro atoms. The van der Waals surface area contributed by atoms with Crippen LogP contribution in [0.25, 0.3) is 0 Å². The van der Waals surface area contributed by atoms with E-state index < -0.39 is 20.0 Å². The van der Waals surface area contributed by atoms with E-state index >= 15 is 0 Å². The van der Waals surface area contributed by atoms with Crippen molar-refractivity contribution in [3.05, 3.63) is 36.5 Å². The van der Waals surface area contributed by atoms with Gasteiger partial charge >= 0.3 is 7.82 Å². The highest BCUT2D eigenvalue weighted by Crippen LogP contribution is 2.43. The molecule has 9 heteroatoms. The van der Waals surface area contributed by atoms with E-state index in [0.29, 0.717) is 17.4 Å². The molecule has 0 saturated carbocycles. The van der Waals surface area contributed by atoms with Crippen LogP contribution in [0.2, 0.25) is 0 Å². The Hall–Kier alpha value is -1.28. The Morgan fingerprint density at radius 3 is 1.63 bits per heavy atom. The van der Waals surface area contributed by atoms with E-state index in [4.69, 9.17) is 9.05 Å². The molecule has 0 aliphatic heterocycles. The predicted molar refractivity (Wildman–Crippen MR) is 208 cm³/mol. The van der Waals surface area contributed by atoms with E-state index in [9.17, 15) is 19.4 Å². The van der Waals surface area contributed by atoms with Crippen LogP contribution in [-0.4, -0.2) is 73.4 Å². The van der Waals surface area contributed by atoms with Crippen LogP contribution in [0.3, 0.4) is 0 Å². The number of aliphatic hydroxyl groups is 1. The molecule has 3 atom stereocenters. The van der Waals surface area contributed by atoms with Gasteiger partial charge in [-0.3, -0.25) is 13.8 Å². The van der Waals surface area contributed by atoms with Crippen molar-refractivity contribution in [3.8, 4) is 0 Å². The van der Waals surface area contributed by atoms with Crippen LogP contribution in [0.1, 0.15) is 162 Å². The number of unbranched alkanes of at least 4 members (excludes halogenated alkanes) is 19. The van der Waals surface area contributed by atoms with Crippen LogP contribution < -0.4 is 5.32 Å². The lowest BCUT2D eigenvalue weighted by atomic mass is 10.0. The number of amides is 1. The van der Waals surface area contributed by atoms with Crippen LogP contribution in [0.5, 0.6) is 0 Å². The molecule has 0 aromatic heterocycles. The SMILES string of the molecule is C/C=C/CC/C=C/CC/C=C/C(O)C(COP(=O)(O)OCC[N+](C)(C)C)NC(=O)CCCCCCCCCCCCCCCCCCCC. The molecule has 3 N–H and O–H groups in total. The van der Waals surface area contributed by atoms with Gasteiger partial charge in [-0.25, -0.2) is 4.57 Å². The zero-order chi connectivity index (χ0) is 36.5. The van der Waals surface area contributed by atoms with Gasteiger partial charge in [0.2, 0.25) is 5.91 Å². The Morgan fingerprint density at radius 2 is 1.16 bits per heavy atom. The molecule has 1 amide bonds. The molecule has 0 radical (unpaired) electrons. The molecule has 0 heterocycles. The highest BCUT2D eigenvalue weighted by atomic mass is 31.2. The summed E-state index contributed by atoms with van der Waals surface area (Å²) in [5, 5.41) is 13.7. The fourth-order valence-electron chi connectivity index (χ4n) is 5.49. The van der Waals surface area contributed by atoms with Crippen molar-refractivity contribution in [3.63, 3.8) is 0 Å². The molecule has 0 aromatic rings. The maximum absolute atomic E-state index is 12.8. The Morgan fingerprint density at radius 1 is 0.714 bits per heavy atom. The highest BCUT2D eigenvalue weighted by Gasteiger charge is 2.27. The second-order valence-electron chi connectivity index (χ2n) is 14.7. The first kappa shape index (κ1) is 47.7. The van der Waals surface area contributed by atoms with E-state index in [-0.39, 0.29) is 19.1 Å². The summed E-state index contributed by atoms with van der Waals surface area (Å²) in [6.07, 6.45) is 38.1. The first-order valence-corrected chi connectivity index (χ1v) is 21.3. The summed E-state index contributed by atoms with van der Waals surface area (Å²) in [5.74, 6) is -0.194. The minimum absolute atomic E-state index is 0.0539. The molecule has 0 bridgehead atoms. The number of quaternary nitrogens is 1. The number of phosphoric acid groups is 1. The van der Waals surface area contributed by atoms with Gasteiger partial charge in [0.05, 0.1) is 39.9 Å². The molecule has 0 saturated heterocycles. The second-order valence-corrected chi connectivity index (χ2v) is 16.1. The van der Waals surface area contributed by atoms with Crippen LogP contribution in [0.15, 0.2) is 36.5 Å². The molecule has 0 aliphatic rings. The number of phosphoric ester groups is 1. The van der Waals surface area contributed by atoms with Crippen molar-refractivity contribution in [2.24, 2.45) is 0 Å². The molecular formula is C40H78N2O6P+. The van der Waals surface area contributed by atoms with Gasteiger partial charge in [0.15, 0.2) is 0 Å². The minimum atomic E-state index is -4.34. The van der Waals surface area contributed by atoms with Crippen molar-refractivity contribution in [2.75, 3.05) is 40.9 Å². The molecule has 0 rings (SSSR count). The second kappa shape index (κ2) is 32.6. The minimum Gasteiger partial charge on any atom is -0.387 e. The average Bonchev–Trinajstić information content (AvgIpc) is 3.04. The number of hydrogen-bond acceptors (Lipinski definition) is 5. The Balaban J connectivity index is 4.37. The Labute approximate surface area is 302 Å². The number of nitrogens with zero attached hydrogens (tertiary/aromatic N) is 1. The van der Waals surface area contributed by atoms with Gasteiger partial charge < -0.3 is 19.8 Å². The average molecular weight is 714 g/mol. The summed E-state index contributed by atoms with van der Waals surface area (Å²) in [7, 11) is 1.54. The number of carbonyl (C=O) groups is 1. The molecule has 8 nitrogen and oxygen atoms in total. The van der Waals surface area contributed by atoms with Gasteiger partial charge in [-0.2, -0.15) is 0 Å². The fourth-order valence-corrected chi connectivity index (χ4v) is 6.23. The largest absolute Gasteiger partial charge is 0.472 e. The van der Waals surface area contributed by atoms with Gasteiger partial charge in [-0.15, -0.1) is 0 Å². The topological polar surface area (TPSA) is 105 Å². The van der Waals surface area contributed by atoms with E-state index in [2.05, 4.69) is 30.5 Å². The molecule has 0 aliphatic carbocycles. The number of allylic oxidation sites excluding steroid dienone is 5. The molecule has 288 valence electrons. The van der Waals surface area contributed by atoms with Crippen molar-refractivity contribution >= 4 is 13.7 Å². The zero-order valence-electron chi connectivity index (χ0n) is 32.4. The maximum atomic E-state index is 12.8. The van der Waals surface area contributed by atoms with Gasteiger partial charge in [0, 0.05) is 6.42 Å². The quantitative estimate of drug-likeness (QED) is 0.0261. The number of likely N-dealkylation sites (N-methyl/N-ethyl adjacent to an activating group) is 1. The lowest BCUT2D eigenvalue weighted by molar-refractivity contribution is -0.870. The number of aliphatic hydroxyl groups excluding tert-OH is 1. The number of nitrogens with one attached hydrogen (secondary N) is 1. The Kier molecular flexibility index (Phi) is 31.8. The summed E-state index contributed by atoms with van der Waals surface area (Å²) >= 11 is 0. The zero-order valence-corrected chi connectivity index (χ0v) is 33.3. The van der Waals surface area contributed by atoms with Crippen LogP contribution in [0, 0.1) is 0 Å². The predicted octanol–water partition coefficient (Wildman–Crippen LogP) is 10.4. The highest BCUT2D eigenvalue weighted by molar-refractivity contribution is 7.47. The van der Waals surface area contributed by atoms with Gasteiger partial charge in [-0.05, 0) is 39.0 Å². The van der Waals surface area contributed by atoms with Crippen molar-refractivity contribution < 1.29 is 32.9 Å². The first-order chi connectivity index (χ1) is 23.5. The summed E-state index contributed by atoms with van der Waals surface area (Å²) in [5.41, 5.74) is 0. The third-order valence-electron chi connectivity index (χ3n) is 8.69. The summed E-state index contributed by atoms with van der Waals surface area (Å²) in [6, 6.07) is -0.863. The van der Waals surface area contributed by atoms with Crippen LogP contribution in [-0.2, 0) is 18.4 Å². The van der Waals surface area contributed by atoms with Gasteiger partial charge in [-0.1, -0.05) is 153 Å². The van der Waals surface area contributed by atoms with E-state index in [1.165, 1.54) is 96.3 Å². The monoisotopic (exact) mass is 714 g/mol. The van der Waals surface area contributed by atoms with E-state index in [1.807, 2.05) is 40.2 Å². The lowest BCUT2D eigenvalue weighted by Crippen LogP contribution is -2.45. The number of rotatable bonds is 35. The molecular weight excluding hydrogens is 635 g/mol. The van der Waals surface area contributed by atoms with Crippen molar-refractivity contribution in [1.82, 2.24) is 5.32 Å². The standard InChI is InChI=1S/C40H77N2O6P/c1-6-8-10-12-14-16-17-18-19-20-21-22-23-24-26-28-30-32-34-40(44)41-38(37-48-49(45,46)47-36-35-42(3,4)5)39(43)33-31-29-27-25-15-13-11-9-7-2/h7,9,15,25,31,33,38-39,43H,6,8,10-14,16-24,26-30,32,34-37H2,1-5H3,(H-,41,44,45,46)/p+1/b9-7+,25-15+,33-31+. The third kappa shape index (κ3) is 34.9. The number of carbonyl (C=O) groups excluding carboxylic acids is 1. The molecule has 0 fully saturated rings. The summed E-state index contributed by atoms with van der Waals surface area (Å²) < 4.78 is 23.4. The summed E-state index contributed by atoms with van der Waals surface area (Å²) in [4.78, 5) is 23.0. The van der Waals surface area contributed by atoms with Crippen molar-refractivity contribution in [2.45, 2.75) is 174 Å². The molecule has 0 aromatic carbocycles. The molecule has 49 heavy (non-hydrogen) atoms. The van der Waals surface area contributed by atoms with Gasteiger partial charge in [0.25, 0.3) is 0 Å². The van der Waals surface area contributed by atoms with E-state index in [1.54, 1.807) is 6.08 Å². The molecule has 3 unspecified atom stereocenters. The van der Waals surface area contributed by atoms with Crippen molar-refractivity contribution in [1.29, 1.82) is 0 Å². The lowest BCUT2D eigenvalue weighted by Gasteiger charge is -2.25. The van der Waals surface area contributed by atoms with E-state index in [0.717, 1.165) is 44.9 Å².